The van der Waals surface area contributed by atoms with Crippen molar-refractivity contribution >= 4 is 15.9 Å². The second-order valence-corrected chi connectivity index (χ2v) is 4.52. The van der Waals surface area contributed by atoms with Gasteiger partial charge in [-0.15, -0.1) is 0 Å². The topological polar surface area (TPSA) is 43.8 Å². The van der Waals surface area contributed by atoms with Crippen LogP contribution in [0.2, 0.25) is 0 Å². The maximum Gasteiger partial charge on any atom is 0.0738 e. The zero-order valence-corrected chi connectivity index (χ0v) is 10.6. The van der Waals surface area contributed by atoms with Gasteiger partial charge in [-0.25, -0.2) is 0 Å². The van der Waals surface area contributed by atoms with Crippen LogP contribution in [0.3, 0.4) is 0 Å². The molecular weight excluding hydrogens is 242 g/mol. The van der Waals surface area contributed by atoms with Crippen LogP contribution >= 0.6 is 15.9 Å². The van der Waals surface area contributed by atoms with E-state index in [9.17, 15) is 0 Å². The van der Waals surface area contributed by atoms with E-state index in [2.05, 4.69) is 28.0 Å². The van der Waals surface area contributed by atoms with Crippen LogP contribution in [0.4, 0.5) is 0 Å². The second kappa shape index (κ2) is 4.94. The molecule has 1 unspecified atom stereocenters. The standard InChI is InChI=1S/C10H18BrN3/c1-4-5-8(12)6-9-10(11)7(2)13-14(9)3/h8H,4-6,12H2,1-3H3. The van der Waals surface area contributed by atoms with E-state index in [1.807, 2.05) is 18.7 Å². The lowest BCUT2D eigenvalue weighted by molar-refractivity contribution is 0.570. The van der Waals surface area contributed by atoms with Gasteiger partial charge in [0.05, 0.1) is 15.9 Å². The molecule has 0 aliphatic heterocycles. The zero-order valence-electron chi connectivity index (χ0n) is 9.05. The summed E-state index contributed by atoms with van der Waals surface area (Å²) < 4.78 is 3.01. The van der Waals surface area contributed by atoms with Gasteiger partial charge in [0, 0.05) is 19.5 Å². The maximum absolute atomic E-state index is 6.00. The molecule has 1 atom stereocenters. The second-order valence-electron chi connectivity index (χ2n) is 3.72. The molecule has 14 heavy (non-hydrogen) atoms. The predicted octanol–water partition coefficient (Wildman–Crippen LogP) is 2.16. The number of aromatic nitrogens is 2. The molecule has 1 aromatic heterocycles. The van der Waals surface area contributed by atoms with Crippen molar-refractivity contribution in [2.45, 2.75) is 39.2 Å². The van der Waals surface area contributed by atoms with E-state index >= 15 is 0 Å². The summed E-state index contributed by atoms with van der Waals surface area (Å²) in [5, 5.41) is 4.34. The van der Waals surface area contributed by atoms with Crippen LogP contribution in [-0.4, -0.2) is 15.8 Å². The fourth-order valence-corrected chi connectivity index (χ4v) is 2.12. The Labute approximate surface area is 93.8 Å². The highest BCUT2D eigenvalue weighted by Gasteiger charge is 2.13. The summed E-state index contributed by atoms with van der Waals surface area (Å²) in [5.41, 5.74) is 8.23. The molecule has 0 radical (unpaired) electrons. The number of nitrogens with two attached hydrogens (primary N) is 1. The third kappa shape index (κ3) is 2.58. The van der Waals surface area contributed by atoms with Gasteiger partial charge in [0.25, 0.3) is 0 Å². The van der Waals surface area contributed by atoms with E-state index in [4.69, 9.17) is 5.73 Å². The van der Waals surface area contributed by atoms with Gasteiger partial charge in [-0.05, 0) is 29.3 Å². The molecule has 1 rings (SSSR count). The van der Waals surface area contributed by atoms with Gasteiger partial charge in [0.2, 0.25) is 0 Å². The summed E-state index contributed by atoms with van der Waals surface area (Å²) in [5.74, 6) is 0. The monoisotopic (exact) mass is 259 g/mol. The third-order valence-electron chi connectivity index (χ3n) is 2.38. The van der Waals surface area contributed by atoms with Gasteiger partial charge in [-0.3, -0.25) is 4.68 Å². The Morgan fingerprint density at radius 3 is 2.64 bits per heavy atom. The number of hydrogen-bond donors (Lipinski definition) is 1. The van der Waals surface area contributed by atoms with Gasteiger partial charge >= 0.3 is 0 Å². The van der Waals surface area contributed by atoms with E-state index in [0.717, 1.165) is 29.4 Å². The van der Waals surface area contributed by atoms with Crippen LogP contribution in [0.15, 0.2) is 4.47 Å². The van der Waals surface area contributed by atoms with Crippen molar-refractivity contribution in [1.29, 1.82) is 0 Å². The first-order chi connectivity index (χ1) is 6.56. The average Bonchev–Trinajstić information content (AvgIpc) is 2.33. The third-order valence-corrected chi connectivity index (χ3v) is 3.41. The zero-order chi connectivity index (χ0) is 10.7. The highest BCUT2D eigenvalue weighted by molar-refractivity contribution is 9.10. The summed E-state index contributed by atoms with van der Waals surface area (Å²) in [6.07, 6.45) is 3.10. The summed E-state index contributed by atoms with van der Waals surface area (Å²) in [6, 6.07) is 0.242. The van der Waals surface area contributed by atoms with Crippen molar-refractivity contribution in [1.82, 2.24) is 9.78 Å². The van der Waals surface area contributed by atoms with E-state index in [1.165, 1.54) is 5.69 Å². The van der Waals surface area contributed by atoms with Gasteiger partial charge in [-0.1, -0.05) is 13.3 Å². The molecule has 4 heteroatoms. The average molecular weight is 260 g/mol. The molecule has 80 valence electrons. The smallest absolute Gasteiger partial charge is 0.0738 e. The number of nitrogens with zero attached hydrogens (tertiary/aromatic N) is 2. The minimum absolute atomic E-state index is 0.242. The molecule has 0 spiro atoms. The lowest BCUT2D eigenvalue weighted by Gasteiger charge is -2.10. The Bertz CT molecular complexity index is 307. The normalized spacial score (nSPS) is 13.2. The molecule has 2 N–H and O–H groups in total. The van der Waals surface area contributed by atoms with Crippen molar-refractivity contribution in [2.75, 3.05) is 0 Å². The van der Waals surface area contributed by atoms with Gasteiger partial charge in [0.15, 0.2) is 0 Å². The summed E-state index contributed by atoms with van der Waals surface area (Å²) >= 11 is 3.54. The molecule has 0 fully saturated rings. The molecule has 1 heterocycles. The highest BCUT2D eigenvalue weighted by Crippen LogP contribution is 2.21. The summed E-state index contributed by atoms with van der Waals surface area (Å²) in [7, 11) is 1.96. The van der Waals surface area contributed by atoms with Gasteiger partial charge < -0.3 is 5.73 Å². The minimum Gasteiger partial charge on any atom is -0.327 e. The Hall–Kier alpha value is -0.350. The highest BCUT2D eigenvalue weighted by atomic mass is 79.9. The van der Waals surface area contributed by atoms with Crippen molar-refractivity contribution < 1.29 is 0 Å². The Balaban J connectivity index is 2.75. The van der Waals surface area contributed by atoms with Crippen molar-refractivity contribution in [3.63, 3.8) is 0 Å². The van der Waals surface area contributed by atoms with Crippen LogP contribution in [0, 0.1) is 6.92 Å². The number of halogens is 1. The van der Waals surface area contributed by atoms with Crippen molar-refractivity contribution in [3.8, 4) is 0 Å². The Kier molecular flexibility index (Phi) is 4.13. The predicted molar refractivity (Wildman–Crippen MR) is 62.2 cm³/mol. The Morgan fingerprint density at radius 2 is 2.21 bits per heavy atom. The summed E-state index contributed by atoms with van der Waals surface area (Å²) in [4.78, 5) is 0. The fourth-order valence-electron chi connectivity index (χ4n) is 1.62. The lowest BCUT2D eigenvalue weighted by atomic mass is 10.1. The van der Waals surface area contributed by atoms with Crippen LogP contribution < -0.4 is 5.73 Å². The minimum atomic E-state index is 0.242. The van der Waals surface area contributed by atoms with Gasteiger partial charge in [0.1, 0.15) is 0 Å². The molecule has 0 amide bonds. The van der Waals surface area contributed by atoms with Crippen LogP contribution in [-0.2, 0) is 13.5 Å². The first-order valence-electron chi connectivity index (χ1n) is 4.99. The molecule has 0 aliphatic carbocycles. The lowest BCUT2D eigenvalue weighted by Crippen LogP contribution is -2.23. The molecule has 0 aliphatic rings. The van der Waals surface area contributed by atoms with E-state index in [-0.39, 0.29) is 6.04 Å². The van der Waals surface area contributed by atoms with Crippen LogP contribution in [0.1, 0.15) is 31.2 Å². The Morgan fingerprint density at radius 1 is 1.57 bits per heavy atom. The fraction of sp³-hybridized carbons (Fsp3) is 0.700. The largest absolute Gasteiger partial charge is 0.327 e. The molecule has 0 saturated carbocycles. The summed E-state index contributed by atoms with van der Waals surface area (Å²) in [6.45, 7) is 4.16. The van der Waals surface area contributed by atoms with Crippen molar-refractivity contribution in [3.05, 3.63) is 15.9 Å². The van der Waals surface area contributed by atoms with Gasteiger partial charge in [-0.2, -0.15) is 5.10 Å². The number of hydrogen-bond acceptors (Lipinski definition) is 2. The van der Waals surface area contributed by atoms with E-state index in [0.29, 0.717) is 0 Å². The van der Waals surface area contributed by atoms with E-state index in [1.54, 1.807) is 0 Å². The first-order valence-corrected chi connectivity index (χ1v) is 5.79. The van der Waals surface area contributed by atoms with E-state index < -0.39 is 0 Å². The molecule has 0 aromatic carbocycles. The number of rotatable bonds is 4. The van der Waals surface area contributed by atoms with Crippen LogP contribution in [0.25, 0.3) is 0 Å². The molecule has 0 bridgehead atoms. The number of aryl methyl sites for hydroxylation is 2. The van der Waals surface area contributed by atoms with Crippen LogP contribution in [0.5, 0.6) is 0 Å². The van der Waals surface area contributed by atoms with Crippen molar-refractivity contribution in [2.24, 2.45) is 12.8 Å². The quantitative estimate of drug-likeness (QED) is 0.901. The SMILES string of the molecule is CCCC(N)Cc1c(Br)c(C)nn1C. The first kappa shape index (κ1) is 11.7. The maximum atomic E-state index is 6.00. The molecule has 1 aromatic rings. The molecule has 0 saturated heterocycles. The molecule has 3 nitrogen and oxygen atoms in total. The molecular formula is C10H18BrN3.